The van der Waals surface area contributed by atoms with E-state index in [-0.39, 0.29) is 11.8 Å². The van der Waals surface area contributed by atoms with Crippen molar-refractivity contribution in [3.8, 4) is 17.2 Å². The molecule has 1 aromatic carbocycles. The third-order valence-corrected chi connectivity index (χ3v) is 4.84. The van der Waals surface area contributed by atoms with E-state index in [2.05, 4.69) is 4.90 Å². The Morgan fingerprint density at radius 3 is 2.14 bits per heavy atom. The van der Waals surface area contributed by atoms with Crippen molar-refractivity contribution in [1.29, 1.82) is 0 Å². The molecule has 0 radical (unpaired) electrons. The second-order valence-corrected chi connectivity index (χ2v) is 6.07. The van der Waals surface area contributed by atoms with Crippen molar-refractivity contribution < 1.29 is 19.0 Å². The largest absolute Gasteiger partial charge is 0.493 e. The number of rotatable bonds is 5. The molecule has 0 N–H and O–H groups in total. The molecule has 0 spiro atoms. The van der Waals surface area contributed by atoms with E-state index in [0.29, 0.717) is 17.2 Å². The summed E-state index contributed by atoms with van der Waals surface area (Å²) in [5, 5.41) is 0. The van der Waals surface area contributed by atoms with Crippen LogP contribution in [0.15, 0.2) is 12.1 Å². The van der Waals surface area contributed by atoms with E-state index in [1.54, 1.807) is 28.3 Å². The van der Waals surface area contributed by atoms with E-state index < -0.39 is 5.41 Å². The van der Waals surface area contributed by atoms with Crippen LogP contribution in [0.3, 0.4) is 0 Å². The van der Waals surface area contributed by atoms with Crippen molar-refractivity contribution in [3.05, 3.63) is 17.7 Å². The van der Waals surface area contributed by atoms with Crippen molar-refractivity contribution >= 4 is 5.78 Å². The van der Waals surface area contributed by atoms with Gasteiger partial charge in [-0.3, -0.25) is 9.69 Å². The number of methoxy groups -OCH3 is 3. The maximum absolute atomic E-state index is 12.2. The first-order valence-electron chi connectivity index (χ1n) is 7.40. The van der Waals surface area contributed by atoms with Crippen molar-refractivity contribution in [2.75, 3.05) is 34.9 Å². The first-order valence-corrected chi connectivity index (χ1v) is 7.40. The fourth-order valence-electron chi connectivity index (χ4n) is 3.41. The molecule has 5 nitrogen and oxygen atoms in total. The third-order valence-electron chi connectivity index (χ3n) is 4.84. The highest BCUT2D eigenvalue weighted by Gasteiger charge is 2.47. The first-order chi connectivity index (χ1) is 10.4. The standard InChI is InChI=1S/C17H25NO4/c1-11(19)17(2)7-8-18(3)16(17)12-9-13(20-4)15(22-6)14(10-12)21-5/h9-10,16H,7-8H2,1-6H3/t16-,17-/m1/s1. The van der Waals surface area contributed by atoms with Gasteiger partial charge >= 0.3 is 0 Å². The smallest absolute Gasteiger partial charge is 0.203 e. The lowest BCUT2D eigenvalue weighted by Gasteiger charge is -2.33. The summed E-state index contributed by atoms with van der Waals surface area (Å²) < 4.78 is 16.2. The molecule has 1 saturated heterocycles. The van der Waals surface area contributed by atoms with Crippen LogP contribution < -0.4 is 14.2 Å². The zero-order chi connectivity index (χ0) is 16.5. The van der Waals surface area contributed by atoms with Gasteiger partial charge in [-0.05, 0) is 44.6 Å². The molecular weight excluding hydrogens is 282 g/mol. The maximum atomic E-state index is 12.2. The summed E-state index contributed by atoms with van der Waals surface area (Å²) in [5.74, 6) is 2.00. The number of likely N-dealkylation sites (tertiary alicyclic amines) is 1. The fraction of sp³-hybridized carbons (Fsp3) is 0.588. The van der Waals surface area contributed by atoms with Crippen LogP contribution in [0, 0.1) is 5.41 Å². The number of Topliss-reactive ketones (excluding diaryl/α,β-unsaturated/α-hetero) is 1. The van der Waals surface area contributed by atoms with Gasteiger partial charge in [-0.1, -0.05) is 6.92 Å². The number of nitrogens with zero attached hydrogens (tertiary/aromatic N) is 1. The Balaban J connectivity index is 2.58. The van der Waals surface area contributed by atoms with Crippen LogP contribution in [0.5, 0.6) is 17.2 Å². The van der Waals surface area contributed by atoms with Crippen LogP contribution in [0.2, 0.25) is 0 Å². The average Bonchev–Trinajstić information content (AvgIpc) is 2.82. The van der Waals surface area contributed by atoms with Crippen molar-refractivity contribution in [2.45, 2.75) is 26.3 Å². The Labute approximate surface area is 132 Å². The third kappa shape index (κ3) is 2.54. The monoisotopic (exact) mass is 307 g/mol. The van der Waals surface area contributed by atoms with E-state index in [4.69, 9.17) is 14.2 Å². The number of benzene rings is 1. The molecule has 0 unspecified atom stereocenters. The second-order valence-electron chi connectivity index (χ2n) is 6.07. The topological polar surface area (TPSA) is 48.0 Å². The molecule has 0 bridgehead atoms. The predicted molar refractivity (Wildman–Crippen MR) is 84.9 cm³/mol. The quantitative estimate of drug-likeness (QED) is 0.837. The Kier molecular flexibility index (Phi) is 4.66. The fourth-order valence-corrected chi connectivity index (χ4v) is 3.41. The van der Waals surface area contributed by atoms with E-state index >= 15 is 0 Å². The van der Waals surface area contributed by atoms with Gasteiger partial charge in [0, 0.05) is 11.5 Å². The van der Waals surface area contributed by atoms with Gasteiger partial charge in [-0.25, -0.2) is 0 Å². The molecule has 0 saturated carbocycles. The van der Waals surface area contributed by atoms with Crippen molar-refractivity contribution in [2.24, 2.45) is 5.41 Å². The minimum Gasteiger partial charge on any atom is -0.493 e. The molecule has 1 aromatic rings. The summed E-state index contributed by atoms with van der Waals surface area (Å²) in [4.78, 5) is 14.4. The predicted octanol–water partition coefficient (Wildman–Crippen LogP) is 2.68. The molecule has 1 aliphatic heterocycles. The molecule has 0 aromatic heterocycles. The van der Waals surface area contributed by atoms with Gasteiger partial charge in [0.15, 0.2) is 11.5 Å². The lowest BCUT2D eigenvalue weighted by atomic mass is 9.76. The number of hydrogen-bond acceptors (Lipinski definition) is 5. The lowest BCUT2D eigenvalue weighted by molar-refractivity contribution is -0.127. The number of hydrogen-bond donors (Lipinski definition) is 0. The molecule has 0 aliphatic carbocycles. The number of ether oxygens (including phenoxy) is 3. The van der Waals surface area contributed by atoms with Crippen molar-refractivity contribution in [1.82, 2.24) is 4.90 Å². The highest BCUT2D eigenvalue weighted by atomic mass is 16.5. The van der Waals surface area contributed by atoms with Gasteiger partial charge in [0.2, 0.25) is 5.75 Å². The molecule has 1 aliphatic rings. The van der Waals surface area contributed by atoms with Crippen LogP contribution in [0.4, 0.5) is 0 Å². The van der Waals surface area contributed by atoms with Gasteiger partial charge in [0.05, 0.1) is 21.3 Å². The summed E-state index contributed by atoms with van der Waals surface area (Å²) in [6, 6.07) is 3.88. The summed E-state index contributed by atoms with van der Waals surface area (Å²) in [7, 11) is 6.83. The van der Waals surface area contributed by atoms with Gasteiger partial charge in [-0.15, -0.1) is 0 Å². The molecule has 22 heavy (non-hydrogen) atoms. The van der Waals surface area contributed by atoms with Gasteiger partial charge in [0.25, 0.3) is 0 Å². The van der Waals surface area contributed by atoms with E-state index in [1.807, 2.05) is 26.1 Å². The second kappa shape index (κ2) is 6.16. The number of ketones is 1. The highest BCUT2D eigenvalue weighted by Crippen LogP contribution is 2.50. The van der Waals surface area contributed by atoms with Gasteiger partial charge in [-0.2, -0.15) is 0 Å². The van der Waals surface area contributed by atoms with Crippen LogP contribution in [0.1, 0.15) is 31.9 Å². The average molecular weight is 307 g/mol. The minimum absolute atomic E-state index is 0.00120. The zero-order valence-corrected chi connectivity index (χ0v) is 14.2. The summed E-state index contributed by atoms with van der Waals surface area (Å²) >= 11 is 0. The number of carbonyl (C=O) groups excluding carboxylic acids is 1. The maximum Gasteiger partial charge on any atom is 0.203 e. The SMILES string of the molecule is COc1cc([C@H]2N(C)CC[C@]2(C)C(C)=O)cc(OC)c1OC. The molecule has 1 fully saturated rings. The van der Waals surface area contributed by atoms with Crippen LogP contribution in [0.25, 0.3) is 0 Å². The van der Waals surface area contributed by atoms with E-state index in [9.17, 15) is 4.79 Å². The molecule has 122 valence electrons. The first kappa shape index (κ1) is 16.6. The van der Waals surface area contributed by atoms with E-state index in [0.717, 1.165) is 18.5 Å². The van der Waals surface area contributed by atoms with E-state index in [1.165, 1.54) is 0 Å². The zero-order valence-electron chi connectivity index (χ0n) is 14.2. The van der Waals surface area contributed by atoms with Crippen molar-refractivity contribution in [3.63, 3.8) is 0 Å². The molecule has 5 heteroatoms. The molecule has 2 rings (SSSR count). The van der Waals surface area contributed by atoms with Gasteiger partial charge in [0.1, 0.15) is 5.78 Å². The Hall–Kier alpha value is -1.75. The normalized spacial score (nSPS) is 25.1. The Morgan fingerprint density at radius 1 is 1.18 bits per heavy atom. The molecule has 0 amide bonds. The Bertz CT molecular complexity index is 547. The molecule has 1 heterocycles. The Morgan fingerprint density at radius 2 is 1.73 bits per heavy atom. The molecule has 2 atom stereocenters. The lowest BCUT2D eigenvalue weighted by Crippen LogP contribution is -2.33. The van der Waals surface area contributed by atoms with Crippen LogP contribution in [-0.4, -0.2) is 45.6 Å². The minimum atomic E-state index is -0.403. The van der Waals surface area contributed by atoms with Gasteiger partial charge < -0.3 is 14.2 Å². The van der Waals surface area contributed by atoms with Crippen LogP contribution >= 0.6 is 0 Å². The highest BCUT2D eigenvalue weighted by molar-refractivity contribution is 5.83. The summed E-state index contributed by atoms with van der Waals surface area (Å²) in [5.41, 5.74) is 0.603. The molecular formula is C17H25NO4. The summed E-state index contributed by atoms with van der Waals surface area (Å²) in [6.45, 7) is 4.59. The number of carbonyl (C=O) groups is 1. The summed E-state index contributed by atoms with van der Waals surface area (Å²) in [6.07, 6.45) is 0.847. The van der Waals surface area contributed by atoms with Crippen LogP contribution in [-0.2, 0) is 4.79 Å².